The maximum Gasteiger partial charge on any atom is 0.333 e. The maximum absolute atomic E-state index is 7.16. The lowest BCUT2D eigenvalue weighted by atomic mass is 9.44. The predicted molar refractivity (Wildman–Crippen MR) is 271 cm³/mol. The molecule has 8 aromatic carbocycles. The van der Waals surface area contributed by atoms with E-state index in [1.807, 2.05) is 11.3 Å². The number of fused-ring (bicyclic) bond motifs is 12. The van der Waals surface area contributed by atoms with E-state index in [4.69, 9.17) is 4.42 Å². The van der Waals surface area contributed by atoms with Crippen molar-refractivity contribution in [2.75, 3.05) is 4.81 Å². The molecule has 0 N–H and O–H groups in total. The van der Waals surface area contributed by atoms with Gasteiger partial charge in [0, 0.05) is 70.1 Å². The Labute approximate surface area is 371 Å². The molecule has 0 bridgehead atoms. The van der Waals surface area contributed by atoms with Crippen LogP contribution in [0.5, 0.6) is 0 Å². The van der Waals surface area contributed by atoms with Gasteiger partial charge in [-0.3, -0.25) is 0 Å². The van der Waals surface area contributed by atoms with E-state index < -0.39 is 0 Å². The molecule has 3 aromatic heterocycles. The minimum absolute atomic E-state index is 0.0137. The van der Waals surface area contributed by atoms with Crippen molar-refractivity contribution in [3.05, 3.63) is 175 Å². The Morgan fingerprint density at radius 1 is 0.508 bits per heavy atom. The van der Waals surface area contributed by atoms with Crippen molar-refractivity contribution < 1.29 is 4.42 Å². The first-order valence-electron chi connectivity index (χ1n) is 22.2. The van der Waals surface area contributed by atoms with E-state index in [-0.39, 0.29) is 17.7 Å². The Bertz CT molecular complexity index is 3690. The van der Waals surface area contributed by atoms with E-state index in [2.05, 4.69) is 215 Å². The van der Waals surface area contributed by atoms with Gasteiger partial charge in [-0.2, -0.15) is 0 Å². The predicted octanol–water partition coefficient (Wildman–Crippen LogP) is 15.1. The van der Waals surface area contributed by atoms with Gasteiger partial charge in [0.1, 0.15) is 11.3 Å². The van der Waals surface area contributed by atoms with E-state index in [0.717, 1.165) is 33.4 Å². The van der Waals surface area contributed by atoms with Crippen molar-refractivity contribution in [2.45, 2.75) is 52.4 Å². The molecule has 0 aliphatic carbocycles. The molecule has 0 unspecified atom stereocenters. The monoisotopic (exact) mass is 828 g/mol. The molecular formula is C58H45BN2OS. The molecule has 0 radical (unpaired) electrons. The molecule has 5 heteroatoms. The minimum atomic E-state index is -0.124. The highest BCUT2D eigenvalue weighted by molar-refractivity contribution is 7.25. The molecule has 2 aliphatic heterocycles. The molecule has 0 atom stereocenters. The summed E-state index contributed by atoms with van der Waals surface area (Å²) >= 11 is 1.89. The normalized spacial score (nSPS) is 13.5. The molecule has 63 heavy (non-hydrogen) atoms. The van der Waals surface area contributed by atoms with Crippen LogP contribution in [0.3, 0.4) is 0 Å². The number of aromatic nitrogens is 1. The van der Waals surface area contributed by atoms with Crippen molar-refractivity contribution in [2.24, 2.45) is 0 Å². The number of nitrogens with zero attached hydrogens (tertiary/aromatic N) is 2. The molecule has 0 amide bonds. The van der Waals surface area contributed by atoms with Crippen molar-refractivity contribution in [3.63, 3.8) is 0 Å². The van der Waals surface area contributed by atoms with Gasteiger partial charge in [-0.1, -0.05) is 151 Å². The second kappa shape index (κ2) is 12.9. The second-order valence-electron chi connectivity index (χ2n) is 19.7. The zero-order chi connectivity index (χ0) is 42.5. The Hall–Kier alpha value is -6.82. The standard InChI is InChI=1S/C58H45BN2OS/c1-57(2,3)36-21-24-38(25-22-36)61-47-28-23-37(58(4,5)6)29-42(47)40-26-27-41-43-32-52-44(39-19-13-14-20-51(39)63-52)30-48(43)60-49-31-45-50(33-46(49)59(61)54(40)55(41)60)62-56(35-17-11-8-12-18-35)53(45)34-15-9-7-10-16-34/h7-33H,1-6H3. The van der Waals surface area contributed by atoms with Gasteiger partial charge in [0.05, 0.1) is 11.0 Å². The van der Waals surface area contributed by atoms with E-state index in [0.29, 0.717) is 0 Å². The summed E-state index contributed by atoms with van der Waals surface area (Å²) in [5, 5.41) is 6.31. The molecule has 3 nitrogen and oxygen atoms in total. The Kier molecular flexibility index (Phi) is 7.52. The third-order valence-corrected chi connectivity index (χ3v) is 15.0. The number of anilines is 2. The van der Waals surface area contributed by atoms with E-state index in [1.54, 1.807) is 0 Å². The largest absolute Gasteiger partial charge is 0.455 e. The highest BCUT2D eigenvalue weighted by Crippen LogP contribution is 2.49. The highest BCUT2D eigenvalue weighted by atomic mass is 32.1. The van der Waals surface area contributed by atoms with Crippen LogP contribution in [0, 0.1) is 0 Å². The van der Waals surface area contributed by atoms with Crippen LogP contribution >= 0.6 is 11.3 Å². The molecule has 0 fully saturated rings. The summed E-state index contributed by atoms with van der Waals surface area (Å²) in [6, 6.07) is 61.5. The van der Waals surface area contributed by atoms with Crippen LogP contribution in [0.4, 0.5) is 11.4 Å². The van der Waals surface area contributed by atoms with Crippen molar-refractivity contribution in [3.8, 4) is 39.3 Å². The summed E-state index contributed by atoms with van der Waals surface area (Å²) in [5.74, 6) is 0.893. The van der Waals surface area contributed by atoms with Crippen LogP contribution in [0.15, 0.2) is 168 Å². The van der Waals surface area contributed by atoms with Gasteiger partial charge in [0.25, 0.3) is 0 Å². The topological polar surface area (TPSA) is 21.3 Å². The van der Waals surface area contributed by atoms with Gasteiger partial charge in [0.2, 0.25) is 0 Å². The fourth-order valence-electron chi connectivity index (χ4n) is 10.8. The van der Waals surface area contributed by atoms with Crippen LogP contribution in [0.25, 0.3) is 92.2 Å². The molecule has 0 saturated heterocycles. The number of thiophene rings is 1. The summed E-state index contributed by atoms with van der Waals surface area (Å²) < 4.78 is 12.4. The summed E-state index contributed by atoms with van der Waals surface area (Å²) in [5.41, 5.74) is 18.2. The van der Waals surface area contributed by atoms with E-state index in [9.17, 15) is 0 Å². The SMILES string of the molecule is CC(C)(C)c1ccc(N2B3c4cc5oc(-c6ccccc6)c(-c6ccccc6)c5cc4-n4c5cc6c(cc5c5ccc(c3c54)-c3cc(C(C)(C)C)ccc32)sc2ccccc26)cc1. The van der Waals surface area contributed by atoms with Crippen LogP contribution in [-0.4, -0.2) is 11.4 Å². The fourth-order valence-corrected chi connectivity index (χ4v) is 11.9. The average Bonchev–Trinajstić information content (AvgIpc) is 3.96. The number of furan rings is 1. The number of rotatable bonds is 3. The lowest BCUT2D eigenvalue weighted by molar-refractivity contribution is 0.590. The third-order valence-electron chi connectivity index (χ3n) is 13.9. The van der Waals surface area contributed by atoms with E-state index >= 15 is 0 Å². The summed E-state index contributed by atoms with van der Waals surface area (Å²) in [7, 11) is 0. The molecule has 11 aromatic rings. The zero-order valence-electron chi connectivity index (χ0n) is 36.4. The summed E-state index contributed by atoms with van der Waals surface area (Å²) in [6.45, 7) is 13.7. The van der Waals surface area contributed by atoms with Gasteiger partial charge in [0.15, 0.2) is 0 Å². The number of benzene rings is 8. The number of hydrogen-bond acceptors (Lipinski definition) is 3. The molecule has 2 aliphatic rings. The van der Waals surface area contributed by atoms with Gasteiger partial charge in [-0.25, -0.2) is 0 Å². The second-order valence-corrected chi connectivity index (χ2v) is 20.8. The van der Waals surface area contributed by atoms with Gasteiger partial charge in [-0.15, -0.1) is 11.3 Å². The fraction of sp³-hybridized carbons (Fsp3) is 0.138. The van der Waals surface area contributed by atoms with Crippen LogP contribution in [0.1, 0.15) is 52.7 Å². The molecule has 0 saturated carbocycles. The maximum atomic E-state index is 7.16. The first kappa shape index (κ1) is 36.8. The molecule has 13 rings (SSSR count). The van der Waals surface area contributed by atoms with E-state index in [1.165, 1.54) is 92.2 Å². The molecular weight excluding hydrogens is 784 g/mol. The molecule has 5 heterocycles. The lowest BCUT2D eigenvalue weighted by Crippen LogP contribution is -2.60. The Morgan fingerprint density at radius 3 is 1.95 bits per heavy atom. The molecule has 302 valence electrons. The summed E-state index contributed by atoms with van der Waals surface area (Å²) in [6.07, 6.45) is 0. The van der Waals surface area contributed by atoms with Crippen molar-refractivity contribution >= 4 is 93.4 Å². The first-order chi connectivity index (χ1) is 30.5. The van der Waals surface area contributed by atoms with Crippen molar-refractivity contribution in [1.29, 1.82) is 0 Å². The van der Waals surface area contributed by atoms with Crippen molar-refractivity contribution in [1.82, 2.24) is 4.57 Å². The highest BCUT2D eigenvalue weighted by Gasteiger charge is 2.45. The van der Waals surface area contributed by atoms with Crippen LogP contribution < -0.4 is 15.7 Å². The number of hydrogen-bond donors (Lipinski definition) is 0. The quantitative estimate of drug-likeness (QED) is 0.165. The van der Waals surface area contributed by atoms with Crippen LogP contribution in [0.2, 0.25) is 0 Å². The Balaban J connectivity index is 1.20. The zero-order valence-corrected chi connectivity index (χ0v) is 37.2. The summed E-state index contributed by atoms with van der Waals surface area (Å²) in [4.78, 5) is 2.63. The minimum Gasteiger partial charge on any atom is -0.455 e. The molecule has 0 spiro atoms. The lowest BCUT2D eigenvalue weighted by Gasteiger charge is -2.42. The van der Waals surface area contributed by atoms with Crippen LogP contribution in [-0.2, 0) is 10.8 Å². The average molecular weight is 829 g/mol. The third kappa shape index (κ3) is 5.27. The first-order valence-corrected chi connectivity index (χ1v) is 23.0. The van der Waals surface area contributed by atoms with Gasteiger partial charge >= 0.3 is 6.85 Å². The smallest absolute Gasteiger partial charge is 0.333 e. The Morgan fingerprint density at radius 2 is 1.21 bits per heavy atom. The van der Waals surface area contributed by atoms with Gasteiger partial charge in [-0.05, 0) is 98.6 Å². The van der Waals surface area contributed by atoms with Gasteiger partial charge < -0.3 is 13.8 Å².